The molecule has 2 aliphatic heterocycles. The topological polar surface area (TPSA) is 41.2 Å². The third-order valence-corrected chi connectivity index (χ3v) is 9.86. The van der Waals surface area contributed by atoms with E-state index in [4.69, 9.17) is 14.5 Å². The van der Waals surface area contributed by atoms with Gasteiger partial charge < -0.3 is 18.6 Å². The highest BCUT2D eigenvalue weighted by Crippen LogP contribution is 2.43. The minimum absolute atomic E-state index is 0.0324. The predicted molar refractivity (Wildman–Crippen MR) is 191 cm³/mol. The zero-order valence-electron chi connectivity index (χ0n) is 25.1. The first-order valence-corrected chi connectivity index (χ1v) is 15.9. The highest BCUT2D eigenvalue weighted by Gasteiger charge is 2.40. The number of benzene rings is 6. The van der Waals surface area contributed by atoms with Gasteiger partial charge in [-0.25, -0.2) is 0 Å². The second-order valence-electron chi connectivity index (χ2n) is 12.3. The van der Waals surface area contributed by atoms with Gasteiger partial charge in [0.25, 0.3) is 6.71 Å². The summed E-state index contributed by atoms with van der Waals surface area (Å²) < 4.78 is 18.0. The van der Waals surface area contributed by atoms with Crippen LogP contribution >= 0.6 is 0 Å². The van der Waals surface area contributed by atoms with Crippen molar-refractivity contribution in [1.29, 1.82) is 0 Å². The second-order valence-corrected chi connectivity index (χ2v) is 12.3. The number of aromatic nitrogens is 3. The molecule has 2 aliphatic rings. The Bertz CT molecular complexity index is 2690. The molecule has 0 amide bonds. The molecule has 0 saturated carbocycles. The number of pyridine rings is 1. The van der Waals surface area contributed by atoms with Crippen LogP contribution in [0.1, 0.15) is 0 Å². The minimum Gasteiger partial charge on any atom is -0.458 e. The third kappa shape index (κ3) is 3.31. The molecular formula is C41H24BN3O2. The fourth-order valence-electron chi connectivity index (χ4n) is 7.97. The second kappa shape index (κ2) is 9.15. The molecule has 0 unspecified atom stereocenters. The van der Waals surface area contributed by atoms with Crippen LogP contribution in [0.3, 0.4) is 0 Å². The largest absolute Gasteiger partial charge is 0.458 e. The molecule has 0 spiro atoms. The Labute approximate surface area is 269 Å². The lowest BCUT2D eigenvalue weighted by atomic mass is 9.35. The number of nitrogens with zero attached hydrogens (tertiary/aromatic N) is 3. The first-order chi connectivity index (χ1) is 23.3. The molecule has 0 radical (unpaired) electrons. The maximum absolute atomic E-state index is 6.68. The Morgan fingerprint density at radius 2 is 1.06 bits per heavy atom. The molecule has 6 aromatic carbocycles. The molecule has 3 aromatic heterocycles. The summed E-state index contributed by atoms with van der Waals surface area (Å²) in [6, 6.07) is 48.8. The number of hydrogen-bond donors (Lipinski definition) is 0. The lowest BCUT2D eigenvalue weighted by Gasteiger charge is -2.33. The summed E-state index contributed by atoms with van der Waals surface area (Å²) in [5.41, 5.74) is 10.8. The van der Waals surface area contributed by atoms with Crippen LogP contribution in [0.15, 0.2) is 146 Å². The number of hydrogen-bond acceptors (Lipinski definition) is 3. The van der Waals surface area contributed by atoms with Gasteiger partial charge >= 0.3 is 0 Å². The van der Waals surface area contributed by atoms with Crippen molar-refractivity contribution in [3.63, 3.8) is 0 Å². The molecule has 5 heterocycles. The molecule has 47 heavy (non-hydrogen) atoms. The molecule has 0 fully saturated rings. The fraction of sp³-hybridized carbons (Fsp3) is 0. The van der Waals surface area contributed by atoms with Crippen molar-refractivity contribution in [2.24, 2.45) is 0 Å². The molecule has 0 bridgehead atoms. The van der Waals surface area contributed by atoms with Gasteiger partial charge in [0.2, 0.25) is 0 Å². The normalized spacial score (nSPS) is 13.0. The molecule has 6 heteroatoms. The fourth-order valence-corrected chi connectivity index (χ4v) is 7.97. The van der Waals surface area contributed by atoms with Gasteiger partial charge in [0.05, 0.1) is 39.5 Å². The van der Waals surface area contributed by atoms with Gasteiger partial charge in [-0.15, -0.1) is 0 Å². The summed E-state index contributed by atoms with van der Waals surface area (Å²) in [7, 11) is 0. The van der Waals surface area contributed by atoms with Gasteiger partial charge in [-0.2, -0.15) is 0 Å². The van der Waals surface area contributed by atoms with Crippen LogP contribution < -0.4 is 25.9 Å². The molecule has 5 nitrogen and oxygen atoms in total. The van der Waals surface area contributed by atoms with E-state index < -0.39 is 0 Å². The quantitative estimate of drug-likeness (QED) is 0.189. The molecule has 218 valence electrons. The first-order valence-electron chi connectivity index (χ1n) is 15.9. The Morgan fingerprint density at radius 1 is 0.489 bits per heavy atom. The lowest BCUT2D eigenvalue weighted by Crippen LogP contribution is -2.57. The van der Waals surface area contributed by atoms with Crippen LogP contribution in [0.5, 0.6) is 23.0 Å². The van der Waals surface area contributed by atoms with E-state index >= 15 is 0 Å². The number of para-hydroxylation sites is 5. The standard InChI is InChI=1S/C41H24BN3O2/c1-2-12-25(13-3-1)45-32-19-9-5-15-28(32)40-41(45)38-27-14-4-8-18-31(27)44(33(38)24-43-40)26-22-36-39-37(23-26)47-35-21-11-7-17-30(35)42(39)29-16-6-10-20-34(29)46-36/h1-24H. The Kier molecular flexibility index (Phi) is 4.86. The van der Waals surface area contributed by atoms with Crippen molar-refractivity contribution in [3.8, 4) is 34.4 Å². The van der Waals surface area contributed by atoms with Gasteiger partial charge in [-0.1, -0.05) is 91.0 Å². The zero-order chi connectivity index (χ0) is 30.6. The number of ether oxygens (including phenoxy) is 2. The summed E-state index contributed by atoms with van der Waals surface area (Å²) in [6.45, 7) is 0.0324. The van der Waals surface area contributed by atoms with E-state index in [0.717, 1.165) is 94.5 Å². The van der Waals surface area contributed by atoms with Crippen LogP contribution in [-0.4, -0.2) is 20.8 Å². The molecule has 9 aromatic rings. The lowest BCUT2D eigenvalue weighted by molar-refractivity contribution is 0.464. The maximum Gasteiger partial charge on any atom is 0.260 e. The predicted octanol–water partition coefficient (Wildman–Crippen LogP) is 8.00. The molecule has 0 atom stereocenters. The zero-order valence-corrected chi connectivity index (χ0v) is 25.1. The Morgan fingerprint density at radius 3 is 1.77 bits per heavy atom. The van der Waals surface area contributed by atoms with Crippen molar-refractivity contribution in [3.05, 3.63) is 146 Å². The molecule has 0 N–H and O–H groups in total. The van der Waals surface area contributed by atoms with Gasteiger partial charge in [-0.3, -0.25) is 4.98 Å². The van der Waals surface area contributed by atoms with E-state index in [2.05, 4.69) is 137 Å². The van der Waals surface area contributed by atoms with Crippen molar-refractivity contribution >= 4 is 66.8 Å². The highest BCUT2D eigenvalue weighted by molar-refractivity contribution is 6.98. The summed E-state index contributed by atoms with van der Waals surface area (Å²) in [6.07, 6.45) is 2.03. The van der Waals surface area contributed by atoms with Crippen molar-refractivity contribution in [2.45, 2.75) is 0 Å². The van der Waals surface area contributed by atoms with Crippen LogP contribution in [0.4, 0.5) is 0 Å². The average Bonchev–Trinajstić information content (AvgIpc) is 3.64. The number of rotatable bonds is 2. The van der Waals surface area contributed by atoms with E-state index in [-0.39, 0.29) is 6.71 Å². The van der Waals surface area contributed by atoms with E-state index in [9.17, 15) is 0 Å². The summed E-state index contributed by atoms with van der Waals surface area (Å²) >= 11 is 0. The smallest absolute Gasteiger partial charge is 0.260 e. The van der Waals surface area contributed by atoms with Crippen LogP contribution in [-0.2, 0) is 0 Å². The van der Waals surface area contributed by atoms with Gasteiger partial charge in [0.1, 0.15) is 23.0 Å². The van der Waals surface area contributed by atoms with Gasteiger partial charge in [-0.05, 0) is 47.3 Å². The van der Waals surface area contributed by atoms with Crippen molar-refractivity contribution in [1.82, 2.24) is 14.1 Å². The van der Waals surface area contributed by atoms with Gasteiger partial charge in [0.15, 0.2) is 0 Å². The van der Waals surface area contributed by atoms with Gasteiger partial charge in [0, 0.05) is 39.4 Å². The average molecular weight is 601 g/mol. The Hall–Kier alpha value is -6.27. The number of fused-ring (bicyclic) bond motifs is 11. The third-order valence-electron chi connectivity index (χ3n) is 9.86. The van der Waals surface area contributed by atoms with E-state index in [1.807, 2.05) is 18.3 Å². The highest BCUT2D eigenvalue weighted by atomic mass is 16.5. The summed E-state index contributed by atoms with van der Waals surface area (Å²) in [5.74, 6) is 3.38. The first kappa shape index (κ1) is 25.0. The van der Waals surface area contributed by atoms with Crippen molar-refractivity contribution in [2.75, 3.05) is 0 Å². The van der Waals surface area contributed by atoms with E-state index in [0.29, 0.717) is 0 Å². The molecular weight excluding hydrogens is 577 g/mol. The van der Waals surface area contributed by atoms with Crippen LogP contribution in [0.2, 0.25) is 0 Å². The SMILES string of the molecule is c1ccc(-n2c3ccccc3c3ncc4c(c5ccccc5n4-c4cc5c6c(c4)Oc4ccccc4B6c4ccccc4O5)c32)cc1. The minimum atomic E-state index is 0.0324. The molecule has 11 rings (SSSR count). The maximum atomic E-state index is 6.68. The molecule has 0 saturated heterocycles. The van der Waals surface area contributed by atoms with E-state index in [1.165, 1.54) is 0 Å². The monoisotopic (exact) mass is 601 g/mol. The Balaban J connectivity index is 1.25. The van der Waals surface area contributed by atoms with Crippen molar-refractivity contribution < 1.29 is 9.47 Å². The molecule has 0 aliphatic carbocycles. The summed E-state index contributed by atoms with van der Waals surface area (Å²) in [4.78, 5) is 5.17. The summed E-state index contributed by atoms with van der Waals surface area (Å²) in [5, 5.41) is 3.46. The van der Waals surface area contributed by atoms with Crippen LogP contribution in [0, 0.1) is 0 Å². The van der Waals surface area contributed by atoms with E-state index in [1.54, 1.807) is 0 Å². The van der Waals surface area contributed by atoms with Crippen LogP contribution in [0.25, 0.3) is 55.1 Å².